The Morgan fingerprint density at radius 3 is 3.28 bits per heavy atom. The fraction of sp³-hybridized carbons (Fsp3) is 0.538. The molecule has 3 heterocycles. The van der Waals surface area contributed by atoms with Crippen molar-refractivity contribution < 1.29 is 4.74 Å². The molecule has 2 aromatic heterocycles. The molecule has 0 aliphatic carbocycles. The first-order valence-electron chi connectivity index (χ1n) is 6.58. The minimum absolute atomic E-state index is 0.609. The summed E-state index contributed by atoms with van der Waals surface area (Å²) >= 11 is 0. The van der Waals surface area contributed by atoms with Gasteiger partial charge in [-0.05, 0) is 25.8 Å². The number of aromatic nitrogens is 3. The first-order chi connectivity index (χ1) is 8.92. The van der Waals surface area contributed by atoms with Crippen molar-refractivity contribution in [2.75, 3.05) is 13.2 Å². The van der Waals surface area contributed by atoms with Crippen LogP contribution in [0.3, 0.4) is 0 Å². The van der Waals surface area contributed by atoms with Gasteiger partial charge in [-0.1, -0.05) is 6.42 Å². The van der Waals surface area contributed by atoms with Crippen LogP contribution < -0.4 is 10.1 Å². The number of nitrogens with one attached hydrogen (secondary N) is 1. The average Bonchev–Trinajstić information content (AvgIpc) is 2.87. The quantitative estimate of drug-likeness (QED) is 0.891. The molecule has 0 radical (unpaired) electrons. The highest BCUT2D eigenvalue weighted by Crippen LogP contribution is 2.12. The number of rotatable bonds is 4. The summed E-state index contributed by atoms with van der Waals surface area (Å²) in [4.78, 5) is 4.38. The highest BCUT2D eigenvalue weighted by Gasteiger charge is 2.12. The van der Waals surface area contributed by atoms with E-state index in [1.54, 1.807) is 10.7 Å². The molecule has 0 bridgehead atoms. The average molecular weight is 246 g/mol. The Morgan fingerprint density at radius 1 is 1.39 bits per heavy atom. The van der Waals surface area contributed by atoms with Crippen molar-refractivity contribution >= 4 is 5.65 Å². The molecule has 5 heteroatoms. The fourth-order valence-electron chi connectivity index (χ4n) is 2.35. The molecular weight excluding hydrogens is 228 g/mol. The van der Waals surface area contributed by atoms with Crippen LogP contribution in [-0.2, 0) is 0 Å². The van der Waals surface area contributed by atoms with Crippen LogP contribution in [0.15, 0.2) is 24.5 Å². The summed E-state index contributed by atoms with van der Waals surface area (Å²) in [6, 6.07) is 4.33. The van der Waals surface area contributed by atoms with E-state index in [0.29, 0.717) is 11.9 Å². The van der Waals surface area contributed by atoms with Gasteiger partial charge in [-0.3, -0.25) is 0 Å². The molecule has 1 aliphatic heterocycles. The van der Waals surface area contributed by atoms with Crippen molar-refractivity contribution in [1.82, 2.24) is 19.9 Å². The Kier molecular flexibility index (Phi) is 3.41. The van der Waals surface area contributed by atoms with Crippen LogP contribution in [0.4, 0.5) is 0 Å². The molecule has 1 atom stereocenters. The lowest BCUT2D eigenvalue weighted by Crippen LogP contribution is -2.35. The van der Waals surface area contributed by atoms with Gasteiger partial charge in [-0.2, -0.15) is 10.1 Å². The van der Waals surface area contributed by atoms with Gasteiger partial charge in [0.15, 0.2) is 5.65 Å². The molecule has 0 amide bonds. The Hall–Kier alpha value is -1.62. The maximum Gasteiger partial charge on any atom is 0.216 e. The Morgan fingerprint density at radius 2 is 2.39 bits per heavy atom. The third-order valence-electron chi connectivity index (χ3n) is 3.36. The van der Waals surface area contributed by atoms with Crippen molar-refractivity contribution in [3.05, 3.63) is 24.5 Å². The number of hydrogen-bond donors (Lipinski definition) is 1. The zero-order valence-electron chi connectivity index (χ0n) is 10.4. The van der Waals surface area contributed by atoms with Gasteiger partial charge in [-0.25, -0.2) is 4.52 Å². The fourth-order valence-corrected chi connectivity index (χ4v) is 2.35. The van der Waals surface area contributed by atoms with E-state index in [0.717, 1.165) is 25.2 Å². The molecule has 3 rings (SSSR count). The lowest BCUT2D eigenvalue weighted by molar-refractivity contribution is 0.261. The lowest BCUT2D eigenvalue weighted by Gasteiger charge is -2.23. The van der Waals surface area contributed by atoms with Gasteiger partial charge in [0.25, 0.3) is 0 Å². The third kappa shape index (κ3) is 2.61. The van der Waals surface area contributed by atoms with Crippen LogP contribution in [-0.4, -0.2) is 33.8 Å². The molecule has 0 aromatic carbocycles. The second-order valence-corrected chi connectivity index (χ2v) is 4.68. The van der Waals surface area contributed by atoms with Crippen molar-refractivity contribution in [2.24, 2.45) is 0 Å². The largest absolute Gasteiger partial charge is 0.478 e. The number of nitrogens with zero attached hydrogens (tertiary/aromatic N) is 3. The van der Waals surface area contributed by atoms with Crippen LogP contribution in [0.5, 0.6) is 5.88 Å². The van der Waals surface area contributed by atoms with Crippen LogP contribution in [0.25, 0.3) is 5.65 Å². The molecule has 2 aromatic rings. The number of fused-ring (bicyclic) bond motifs is 1. The van der Waals surface area contributed by atoms with Gasteiger partial charge in [0.2, 0.25) is 5.88 Å². The Balaban J connectivity index is 1.52. The third-order valence-corrected chi connectivity index (χ3v) is 3.36. The molecule has 1 aliphatic rings. The predicted octanol–water partition coefficient (Wildman–Crippen LogP) is 1.64. The predicted molar refractivity (Wildman–Crippen MR) is 68.7 cm³/mol. The molecule has 1 N–H and O–H groups in total. The number of ether oxygens (including phenoxy) is 1. The topological polar surface area (TPSA) is 51.5 Å². The van der Waals surface area contributed by atoms with Gasteiger partial charge in [-0.15, -0.1) is 0 Å². The van der Waals surface area contributed by atoms with E-state index in [4.69, 9.17) is 4.74 Å². The molecular formula is C13H18N4O. The van der Waals surface area contributed by atoms with E-state index in [-0.39, 0.29) is 0 Å². The van der Waals surface area contributed by atoms with E-state index in [1.807, 2.05) is 18.3 Å². The Labute approximate surface area is 106 Å². The monoisotopic (exact) mass is 246 g/mol. The highest BCUT2D eigenvalue weighted by molar-refractivity contribution is 5.37. The molecule has 18 heavy (non-hydrogen) atoms. The van der Waals surface area contributed by atoms with Crippen LogP contribution >= 0.6 is 0 Å². The summed E-state index contributed by atoms with van der Waals surface area (Å²) in [6.07, 6.45) is 8.55. The van der Waals surface area contributed by atoms with Gasteiger partial charge < -0.3 is 10.1 Å². The molecule has 1 fully saturated rings. The van der Waals surface area contributed by atoms with Crippen LogP contribution in [0.2, 0.25) is 0 Å². The second-order valence-electron chi connectivity index (χ2n) is 4.68. The van der Waals surface area contributed by atoms with Crippen molar-refractivity contribution in [1.29, 1.82) is 0 Å². The SMILES string of the molecule is c1cc2nc(OCCC3CCCCN3)ccn2n1. The van der Waals surface area contributed by atoms with Crippen LogP contribution in [0.1, 0.15) is 25.7 Å². The van der Waals surface area contributed by atoms with Gasteiger partial charge in [0.05, 0.1) is 12.8 Å². The maximum absolute atomic E-state index is 5.69. The normalized spacial score (nSPS) is 20.1. The van der Waals surface area contributed by atoms with E-state index in [2.05, 4.69) is 15.4 Å². The minimum atomic E-state index is 0.609. The van der Waals surface area contributed by atoms with Crippen LogP contribution in [0, 0.1) is 0 Å². The summed E-state index contributed by atoms with van der Waals surface area (Å²) in [6.45, 7) is 1.86. The number of piperidine rings is 1. The van der Waals surface area contributed by atoms with Gasteiger partial charge >= 0.3 is 0 Å². The highest BCUT2D eigenvalue weighted by atomic mass is 16.5. The summed E-state index contributed by atoms with van der Waals surface area (Å²) < 4.78 is 7.43. The van der Waals surface area contributed by atoms with Crippen molar-refractivity contribution in [2.45, 2.75) is 31.7 Å². The molecule has 0 spiro atoms. The first kappa shape index (κ1) is 11.5. The summed E-state index contributed by atoms with van der Waals surface area (Å²) in [5.74, 6) is 0.679. The molecule has 1 unspecified atom stereocenters. The Bertz CT molecular complexity index is 504. The molecule has 5 nitrogen and oxygen atoms in total. The van der Waals surface area contributed by atoms with Gasteiger partial charge in [0, 0.05) is 24.4 Å². The van der Waals surface area contributed by atoms with Crippen molar-refractivity contribution in [3.63, 3.8) is 0 Å². The smallest absolute Gasteiger partial charge is 0.216 e. The summed E-state index contributed by atoms with van der Waals surface area (Å²) in [5.41, 5.74) is 0.822. The first-order valence-corrected chi connectivity index (χ1v) is 6.58. The summed E-state index contributed by atoms with van der Waals surface area (Å²) in [5, 5.41) is 7.62. The zero-order chi connectivity index (χ0) is 12.2. The zero-order valence-corrected chi connectivity index (χ0v) is 10.4. The van der Waals surface area contributed by atoms with E-state index >= 15 is 0 Å². The van der Waals surface area contributed by atoms with Gasteiger partial charge in [0.1, 0.15) is 0 Å². The summed E-state index contributed by atoms with van der Waals surface area (Å²) in [7, 11) is 0. The standard InChI is InChI=1S/C13H18N4O/c1-2-7-14-11(3-1)6-10-18-13-5-9-17-12(16-13)4-8-15-17/h4-5,8-9,11,14H,1-3,6-7,10H2. The minimum Gasteiger partial charge on any atom is -0.478 e. The van der Waals surface area contributed by atoms with E-state index in [1.165, 1.54) is 19.3 Å². The van der Waals surface area contributed by atoms with E-state index in [9.17, 15) is 0 Å². The lowest BCUT2D eigenvalue weighted by atomic mass is 10.0. The molecule has 1 saturated heterocycles. The second kappa shape index (κ2) is 5.35. The maximum atomic E-state index is 5.69. The molecule has 0 saturated carbocycles. The molecule has 96 valence electrons. The van der Waals surface area contributed by atoms with Crippen molar-refractivity contribution in [3.8, 4) is 5.88 Å². The van der Waals surface area contributed by atoms with E-state index < -0.39 is 0 Å². The number of hydrogen-bond acceptors (Lipinski definition) is 4.